The summed E-state index contributed by atoms with van der Waals surface area (Å²) in [5.41, 5.74) is 0. The van der Waals surface area contributed by atoms with Crippen molar-refractivity contribution in [3.05, 3.63) is 11.2 Å². The largest absolute Gasteiger partial charge is 0.357 e. The second-order valence-electron chi connectivity index (χ2n) is 4.29. The van der Waals surface area contributed by atoms with Gasteiger partial charge in [0, 0.05) is 13.1 Å². The van der Waals surface area contributed by atoms with E-state index in [0.29, 0.717) is 22.8 Å². The van der Waals surface area contributed by atoms with Crippen LogP contribution in [0.4, 0.5) is 11.8 Å². The van der Waals surface area contributed by atoms with Gasteiger partial charge in [0.05, 0.1) is 6.20 Å². The van der Waals surface area contributed by atoms with Gasteiger partial charge < -0.3 is 16.0 Å². The molecule has 0 aliphatic heterocycles. The van der Waals surface area contributed by atoms with Crippen LogP contribution in [-0.4, -0.2) is 35.0 Å². The molecule has 1 saturated carbocycles. The molecular weight excluding hydrogens is 254 g/mol. The maximum Gasteiger partial charge on any atom is 0.242 e. The zero-order valence-corrected chi connectivity index (χ0v) is 11.1. The normalized spacial score (nSPS) is 15.9. The number of hydrogen-bond donors (Lipinski definition) is 3. The number of rotatable bonds is 5. The number of anilines is 2. The fourth-order valence-corrected chi connectivity index (χ4v) is 1.56. The number of carbonyl (C=O) groups excluding carboxylic acids is 1. The van der Waals surface area contributed by atoms with Crippen LogP contribution < -0.4 is 16.0 Å². The Kier molecular flexibility index (Phi) is 3.86. The van der Waals surface area contributed by atoms with Gasteiger partial charge >= 0.3 is 0 Å². The molecule has 0 spiro atoms. The molecule has 2 rings (SSSR count). The van der Waals surface area contributed by atoms with E-state index < -0.39 is 0 Å². The van der Waals surface area contributed by atoms with Gasteiger partial charge in [-0.1, -0.05) is 11.6 Å². The predicted molar refractivity (Wildman–Crippen MR) is 70.8 cm³/mol. The van der Waals surface area contributed by atoms with E-state index in [2.05, 4.69) is 25.9 Å². The molecule has 6 nitrogen and oxygen atoms in total. The Hall–Kier alpha value is -1.56. The summed E-state index contributed by atoms with van der Waals surface area (Å²) in [6.45, 7) is 1.77. The molecule has 1 fully saturated rings. The molecular formula is C11H16ClN5O. The molecule has 1 aliphatic rings. The zero-order chi connectivity index (χ0) is 13.1. The second-order valence-corrected chi connectivity index (χ2v) is 4.70. The van der Waals surface area contributed by atoms with Gasteiger partial charge in [-0.2, -0.15) is 4.98 Å². The summed E-state index contributed by atoms with van der Waals surface area (Å²) < 4.78 is 0. The molecule has 18 heavy (non-hydrogen) atoms. The summed E-state index contributed by atoms with van der Waals surface area (Å²) in [7, 11) is 1.72. The van der Waals surface area contributed by atoms with Crippen LogP contribution in [0.5, 0.6) is 0 Å². The second kappa shape index (κ2) is 5.39. The molecule has 1 aromatic rings. The third-order valence-corrected chi connectivity index (χ3v) is 2.91. The van der Waals surface area contributed by atoms with E-state index in [4.69, 9.17) is 11.6 Å². The summed E-state index contributed by atoms with van der Waals surface area (Å²) in [4.78, 5) is 19.9. The fraction of sp³-hybridized carbons (Fsp3) is 0.545. The molecule has 1 atom stereocenters. The molecule has 0 aromatic carbocycles. The van der Waals surface area contributed by atoms with Crippen molar-refractivity contribution in [1.82, 2.24) is 15.3 Å². The standard InChI is InChI=1S/C11H16ClN5O/c1-6(10(18)16-7-3-4-7)15-9-8(12)5-14-11(13-2)17-9/h5-7H,3-4H2,1-2H3,(H,16,18)(H2,13,14,15,17). The van der Waals surface area contributed by atoms with Gasteiger partial charge in [-0.15, -0.1) is 0 Å². The molecule has 0 radical (unpaired) electrons. The van der Waals surface area contributed by atoms with E-state index in [-0.39, 0.29) is 11.9 Å². The minimum atomic E-state index is -0.386. The van der Waals surface area contributed by atoms with Crippen molar-refractivity contribution in [3.63, 3.8) is 0 Å². The van der Waals surface area contributed by atoms with Crippen LogP contribution in [0.1, 0.15) is 19.8 Å². The first kappa shape index (κ1) is 12.9. The highest BCUT2D eigenvalue weighted by molar-refractivity contribution is 6.32. The number of amides is 1. The Morgan fingerprint density at radius 2 is 2.28 bits per heavy atom. The Morgan fingerprint density at radius 1 is 1.56 bits per heavy atom. The van der Waals surface area contributed by atoms with Crippen molar-refractivity contribution < 1.29 is 4.79 Å². The van der Waals surface area contributed by atoms with Crippen molar-refractivity contribution >= 4 is 29.3 Å². The van der Waals surface area contributed by atoms with Gasteiger partial charge in [-0.25, -0.2) is 4.98 Å². The van der Waals surface area contributed by atoms with Crippen molar-refractivity contribution in [2.75, 3.05) is 17.7 Å². The lowest BCUT2D eigenvalue weighted by Crippen LogP contribution is -2.38. The summed E-state index contributed by atoms with van der Waals surface area (Å²) in [6.07, 6.45) is 3.63. The van der Waals surface area contributed by atoms with Crippen LogP contribution in [-0.2, 0) is 4.79 Å². The Labute approximate surface area is 111 Å². The SMILES string of the molecule is CNc1ncc(Cl)c(NC(C)C(=O)NC2CC2)n1. The van der Waals surface area contributed by atoms with Crippen LogP contribution in [0.25, 0.3) is 0 Å². The maximum atomic E-state index is 11.8. The Bertz CT molecular complexity index is 449. The van der Waals surface area contributed by atoms with Crippen molar-refractivity contribution in [2.45, 2.75) is 31.8 Å². The number of carbonyl (C=O) groups is 1. The third-order valence-electron chi connectivity index (χ3n) is 2.64. The highest BCUT2D eigenvalue weighted by Gasteiger charge is 2.25. The van der Waals surface area contributed by atoms with Gasteiger partial charge in [-0.05, 0) is 19.8 Å². The first-order chi connectivity index (χ1) is 8.60. The molecule has 3 N–H and O–H groups in total. The van der Waals surface area contributed by atoms with E-state index in [0.717, 1.165) is 12.8 Å². The topological polar surface area (TPSA) is 78.9 Å². The highest BCUT2D eigenvalue weighted by atomic mass is 35.5. The highest BCUT2D eigenvalue weighted by Crippen LogP contribution is 2.21. The summed E-state index contributed by atoms with van der Waals surface area (Å²) in [5.74, 6) is 0.865. The number of halogens is 1. The van der Waals surface area contributed by atoms with Crippen LogP contribution in [0, 0.1) is 0 Å². The first-order valence-electron chi connectivity index (χ1n) is 5.87. The van der Waals surface area contributed by atoms with Gasteiger partial charge in [0.1, 0.15) is 11.1 Å². The average Bonchev–Trinajstić information content (AvgIpc) is 3.15. The summed E-state index contributed by atoms with van der Waals surface area (Å²) >= 11 is 5.97. The Morgan fingerprint density at radius 3 is 2.89 bits per heavy atom. The molecule has 0 saturated heterocycles. The van der Waals surface area contributed by atoms with Gasteiger partial charge in [0.25, 0.3) is 0 Å². The minimum absolute atomic E-state index is 0.0433. The van der Waals surface area contributed by atoms with Crippen molar-refractivity contribution in [2.24, 2.45) is 0 Å². The zero-order valence-electron chi connectivity index (χ0n) is 10.3. The minimum Gasteiger partial charge on any atom is -0.357 e. The summed E-state index contributed by atoms with van der Waals surface area (Å²) in [5, 5.41) is 9.11. The smallest absolute Gasteiger partial charge is 0.242 e. The average molecular weight is 270 g/mol. The van der Waals surface area contributed by atoms with Crippen LogP contribution >= 0.6 is 11.6 Å². The third kappa shape index (κ3) is 3.22. The molecule has 0 bridgehead atoms. The van der Waals surface area contributed by atoms with Gasteiger partial charge in [-0.3, -0.25) is 4.79 Å². The quantitative estimate of drug-likeness (QED) is 0.750. The maximum absolute atomic E-state index is 11.8. The monoisotopic (exact) mass is 269 g/mol. The number of nitrogens with zero attached hydrogens (tertiary/aromatic N) is 2. The van der Waals surface area contributed by atoms with Crippen LogP contribution in [0.15, 0.2) is 6.20 Å². The number of aromatic nitrogens is 2. The van der Waals surface area contributed by atoms with E-state index in [1.54, 1.807) is 14.0 Å². The van der Waals surface area contributed by atoms with E-state index in [1.165, 1.54) is 6.20 Å². The molecule has 1 aromatic heterocycles. The predicted octanol–water partition coefficient (Wildman–Crippen LogP) is 1.25. The molecule has 98 valence electrons. The van der Waals surface area contributed by atoms with Crippen molar-refractivity contribution in [1.29, 1.82) is 0 Å². The lowest BCUT2D eigenvalue weighted by Gasteiger charge is -2.15. The molecule has 7 heteroatoms. The first-order valence-corrected chi connectivity index (χ1v) is 6.25. The molecule has 1 unspecified atom stereocenters. The van der Waals surface area contributed by atoms with Crippen molar-refractivity contribution in [3.8, 4) is 0 Å². The van der Waals surface area contributed by atoms with E-state index >= 15 is 0 Å². The lowest BCUT2D eigenvalue weighted by molar-refractivity contribution is -0.121. The number of hydrogen-bond acceptors (Lipinski definition) is 5. The fourth-order valence-electron chi connectivity index (χ4n) is 1.41. The van der Waals surface area contributed by atoms with Crippen LogP contribution in [0.2, 0.25) is 5.02 Å². The lowest BCUT2D eigenvalue weighted by atomic mass is 10.3. The van der Waals surface area contributed by atoms with Gasteiger partial charge in [0.15, 0.2) is 5.82 Å². The molecule has 1 heterocycles. The van der Waals surface area contributed by atoms with Crippen LogP contribution in [0.3, 0.4) is 0 Å². The summed E-state index contributed by atoms with van der Waals surface area (Å²) in [6, 6.07) is -0.0433. The van der Waals surface area contributed by atoms with E-state index in [9.17, 15) is 4.79 Å². The Balaban J connectivity index is 2.00. The molecule has 1 aliphatic carbocycles. The molecule has 1 amide bonds. The van der Waals surface area contributed by atoms with Gasteiger partial charge in [0.2, 0.25) is 11.9 Å². The van der Waals surface area contributed by atoms with E-state index in [1.807, 2.05) is 0 Å². The number of nitrogens with one attached hydrogen (secondary N) is 3.